The molecule has 37 heavy (non-hydrogen) atoms. The number of carbonyl (C=O) groups is 1. The standard InChI is InChI=1S/C32H41N3O2/c1-6-33(7-2)32(36)28-18-16-27(17-19-28)31(29-14-11-15-30(20-29)37-5)35-22-24(3)34(21-25(35)4)23-26-12-9-8-10-13-26/h8-20,24-25,31H,6-7,21-23H2,1-5H3/t24-,25+,31-/m0/s1. The summed E-state index contributed by atoms with van der Waals surface area (Å²) in [6.07, 6.45) is 0. The first-order valence-electron chi connectivity index (χ1n) is 13.5. The molecule has 1 aliphatic heterocycles. The highest BCUT2D eigenvalue weighted by Gasteiger charge is 2.35. The highest BCUT2D eigenvalue weighted by Crippen LogP contribution is 2.35. The van der Waals surface area contributed by atoms with E-state index >= 15 is 0 Å². The summed E-state index contributed by atoms with van der Waals surface area (Å²) in [4.78, 5) is 20.0. The summed E-state index contributed by atoms with van der Waals surface area (Å²) < 4.78 is 5.58. The highest BCUT2D eigenvalue weighted by atomic mass is 16.5. The van der Waals surface area contributed by atoms with E-state index in [0.29, 0.717) is 25.2 Å². The lowest BCUT2D eigenvalue weighted by atomic mass is 9.92. The average Bonchev–Trinajstić information content (AvgIpc) is 2.93. The number of hydrogen-bond acceptors (Lipinski definition) is 4. The van der Waals surface area contributed by atoms with Crippen LogP contribution in [0.2, 0.25) is 0 Å². The van der Waals surface area contributed by atoms with Crippen LogP contribution in [-0.4, -0.2) is 66.0 Å². The zero-order valence-corrected chi connectivity index (χ0v) is 22.9. The maximum Gasteiger partial charge on any atom is 0.253 e. The molecule has 1 heterocycles. The first-order valence-corrected chi connectivity index (χ1v) is 13.5. The number of hydrogen-bond donors (Lipinski definition) is 0. The van der Waals surface area contributed by atoms with E-state index < -0.39 is 0 Å². The summed E-state index contributed by atoms with van der Waals surface area (Å²) in [7, 11) is 1.72. The molecule has 0 saturated carbocycles. The first kappa shape index (κ1) is 26.9. The molecule has 3 aromatic carbocycles. The summed E-state index contributed by atoms with van der Waals surface area (Å²) >= 11 is 0. The molecule has 0 aliphatic carbocycles. The van der Waals surface area contributed by atoms with Crippen molar-refractivity contribution in [2.45, 2.75) is 52.4 Å². The molecule has 3 atom stereocenters. The third-order valence-electron chi connectivity index (χ3n) is 7.66. The molecule has 0 bridgehead atoms. The molecule has 0 N–H and O–H groups in total. The zero-order valence-electron chi connectivity index (χ0n) is 22.9. The van der Waals surface area contributed by atoms with Gasteiger partial charge in [0.25, 0.3) is 5.91 Å². The number of ether oxygens (including phenoxy) is 1. The smallest absolute Gasteiger partial charge is 0.253 e. The van der Waals surface area contributed by atoms with Crippen molar-refractivity contribution < 1.29 is 9.53 Å². The van der Waals surface area contributed by atoms with Gasteiger partial charge in [0, 0.05) is 50.4 Å². The molecule has 0 aromatic heterocycles. The fraction of sp³-hybridized carbons (Fsp3) is 0.406. The summed E-state index contributed by atoms with van der Waals surface area (Å²) in [5.74, 6) is 0.949. The summed E-state index contributed by atoms with van der Waals surface area (Å²) in [6.45, 7) is 13.0. The van der Waals surface area contributed by atoms with Gasteiger partial charge in [-0.2, -0.15) is 0 Å². The Morgan fingerprint density at radius 2 is 1.59 bits per heavy atom. The Morgan fingerprint density at radius 3 is 2.24 bits per heavy atom. The summed E-state index contributed by atoms with van der Waals surface area (Å²) in [5, 5.41) is 0. The minimum absolute atomic E-state index is 0.0732. The van der Waals surface area contributed by atoms with Gasteiger partial charge in [0.15, 0.2) is 0 Å². The Bertz CT molecular complexity index is 1140. The van der Waals surface area contributed by atoms with Crippen LogP contribution in [0.5, 0.6) is 5.75 Å². The number of methoxy groups -OCH3 is 1. The van der Waals surface area contributed by atoms with Gasteiger partial charge in [0.05, 0.1) is 13.2 Å². The van der Waals surface area contributed by atoms with E-state index in [9.17, 15) is 4.79 Å². The Hall–Kier alpha value is -3.15. The quantitative estimate of drug-likeness (QED) is 0.369. The van der Waals surface area contributed by atoms with Gasteiger partial charge in [-0.05, 0) is 68.7 Å². The van der Waals surface area contributed by atoms with E-state index in [1.165, 1.54) is 16.7 Å². The van der Waals surface area contributed by atoms with Crippen LogP contribution < -0.4 is 4.74 Å². The fourth-order valence-electron chi connectivity index (χ4n) is 5.51. The number of benzene rings is 3. The summed E-state index contributed by atoms with van der Waals surface area (Å²) in [6, 6.07) is 28.2. The molecule has 196 valence electrons. The lowest BCUT2D eigenvalue weighted by molar-refractivity contribution is 0.0195. The molecule has 3 aromatic rings. The van der Waals surface area contributed by atoms with Crippen LogP contribution in [0.3, 0.4) is 0 Å². The van der Waals surface area contributed by atoms with Crippen molar-refractivity contribution in [2.75, 3.05) is 33.3 Å². The normalized spacial score (nSPS) is 19.4. The van der Waals surface area contributed by atoms with Crippen molar-refractivity contribution in [1.82, 2.24) is 14.7 Å². The first-order chi connectivity index (χ1) is 17.9. The van der Waals surface area contributed by atoms with Gasteiger partial charge in [-0.3, -0.25) is 14.6 Å². The molecule has 4 rings (SSSR count). The third-order valence-corrected chi connectivity index (χ3v) is 7.66. The molecule has 1 aliphatic rings. The molecule has 0 unspecified atom stereocenters. The predicted molar refractivity (Wildman–Crippen MR) is 151 cm³/mol. The van der Waals surface area contributed by atoms with Crippen LogP contribution in [-0.2, 0) is 6.54 Å². The zero-order chi connectivity index (χ0) is 26.4. The number of amides is 1. The molecular weight excluding hydrogens is 458 g/mol. The van der Waals surface area contributed by atoms with Crippen molar-refractivity contribution in [3.05, 3.63) is 101 Å². The van der Waals surface area contributed by atoms with Crippen molar-refractivity contribution in [3.63, 3.8) is 0 Å². The number of rotatable bonds is 9. The fourth-order valence-corrected chi connectivity index (χ4v) is 5.51. The second-order valence-corrected chi connectivity index (χ2v) is 10.1. The van der Waals surface area contributed by atoms with Gasteiger partial charge in [0.2, 0.25) is 0 Å². The van der Waals surface area contributed by atoms with Gasteiger partial charge in [-0.1, -0.05) is 54.6 Å². The van der Waals surface area contributed by atoms with Crippen LogP contribution in [0.1, 0.15) is 60.8 Å². The molecule has 1 saturated heterocycles. The maximum absolute atomic E-state index is 12.9. The van der Waals surface area contributed by atoms with E-state index in [2.05, 4.69) is 84.3 Å². The van der Waals surface area contributed by atoms with Gasteiger partial charge in [0.1, 0.15) is 5.75 Å². The van der Waals surface area contributed by atoms with E-state index in [1.807, 2.05) is 36.9 Å². The van der Waals surface area contributed by atoms with Crippen LogP contribution >= 0.6 is 0 Å². The van der Waals surface area contributed by atoms with Crippen molar-refractivity contribution in [1.29, 1.82) is 0 Å². The molecule has 5 heteroatoms. The predicted octanol–water partition coefficient (Wildman–Crippen LogP) is 5.86. The molecular formula is C32H41N3O2. The SMILES string of the molecule is CCN(CC)C(=O)c1ccc([C@@H](c2cccc(OC)c2)N2C[C@H](C)N(Cc3ccccc3)C[C@H]2C)cc1. The second kappa shape index (κ2) is 12.4. The third kappa shape index (κ3) is 6.23. The van der Waals surface area contributed by atoms with Crippen LogP contribution in [0.25, 0.3) is 0 Å². The topological polar surface area (TPSA) is 36.0 Å². The number of nitrogens with zero attached hydrogens (tertiary/aromatic N) is 3. The summed E-state index contributed by atoms with van der Waals surface area (Å²) in [5.41, 5.74) is 4.50. The minimum Gasteiger partial charge on any atom is -0.497 e. The molecule has 5 nitrogen and oxygen atoms in total. The Kier molecular flexibility index (Phi) is 9.01. The largest absolute Gasteiger partial charge is 0.497 e. The van der Waals surface area contributed by atoms with Gasteiger partial charge in [-0.15, -0.1) is 0 Å². The monoisotopic (exact) mass is 499 g/mol. The van der Waals surface area contributed by atoms with Crippen LogP contribution in [0.4, 0.5) is 0 Å². The van der Waals surface area contributed by atoms with E-state index in [-0.39, 0.29) is 11.9 Å². The lowest BCUT2D eigenvalue weighted by Crippen LogP contribution is -2.56. The van der Waals surface area contributed by atoms with Crippen LogP contribution in [0, 0.1) is 0 Å². The van der Waals surface area contributed by atoms with Gasteiger partial charge >= 0.3 is 0 Å². The van der Waals surface area contributed by atoms with Gasteiger partial charge in [-0.25, -0.2) is 0 Å². The Balaban J connectivity index is 1.63. The Morgan fingerprint density at radius 1 is 0.892 bits per heavy atom. The van der Waals surface area contributed by atoms with E-state index in [4.69, 9.17) is 4.74 Å². The number of carbonyl (C=O) groups excluding carboxylic acids is 1. The van der Waals surface area contributed by atoms with E-state index in [1.54, 1.807) is 7.11 Å². The van der Waals surface area contributed by atoms with Crippen molar-refractivity contribution in [3.8, 4) is 5.75 Å². The lowest BCUT2D eigenvalue weighted by Gasteiger charge is -2.47. The van der Waals surface area contributed by atoms with Crippen molar-refractivity contribution in [2.24, 2.45) is 0 Å². The average molecular weight is 500 g/mol. The van der Waals surface area contributed by atoms with E-state index in [0.717, 1.165) is 30.9 Å². The highest BCUT2D eigenvalue weighted by molar-refractivity contribution is 5.94. The maximum atomic E-state index is 12.9. The second-order valence-electron chi connectivity index (χ2n) is 10.1. The number of piperazine rings is 1. The molecule has 0 radical (unpaired) electrons. The van der Waals surface area contributed by atoms with Crippen molar-refractivity contribution >= 4 is 5.91 Å². The van der Waals surface area contributed by atoms with Crippen LogP contribution in [0.15, 0.2) is 78.9 Å². The Labute approximate surface area is 222 Å². The molecule has 0 spiro atoms. The molecule has 1 amide bonds. The van der Waals surface area contributed by atoms with Gasteiger partial charge < -0.3 is 9.64 Å². The minimum atomic E-state index is 0.0732. The molecule has 1 fully saturated rings.